The lowest BCUT2D eigenvalue weighted by Gasteiger charge is -2.11. The van der Waals surface area contributed by atoms with Crippen LogP contribution < -0.4 is 14.8 Å². The van der Waals surface area contributed by atoms with E-state index in [-0.39, 0.29) is 27.8 Å². The Kier molecular flexibility index (Phi) is 6.41. The number of esters is 1. The van der Waals surface area contributed by atoms with Gasteiger partial charge in [0.05, 0.1) is 24.8 Å². The number of nitrogens with one attached hydrogen (secondary N) is 1. The molecule has 2 aromatic carbocycles. The second kappa shape index (κ2) is 8.53. The van der Waals surface area contributed by atoms with Crippen LogP contribution in [0, 0.1) is 12.7 Å². The number of aryl methyl sites for hydroxylation is 1. The van der Waals surface area contributed by atoms with Crippen LogP contribution in [0.2, 0.25) is 5.02 Å². The second-order valence-electron chi connectivity index (χ2n) is 5.28. The Morgan fingerprint density at radius 2 is 1.88 bits per heavy atom. The number of carbonyl (C=O) groups excluding carboxylic acids is 2. The van der Waals surface area contributed by atoms with Crippen molar-refractivity contribution in [3.8, 4) is 11.5 Å². The average molecular weight is 382 g/mol. The maximum atomic E-state index is 13.5. The fourth-order valence-corrected chi connectivity index (χ4v) is 2.41. The van der Waals surface area contributed by atoms with Crippen LogP contribution >= 0.6 is 11.6 Å². The summed E-state index contributed by atoms with van der Waals surface area (Å²) in [6, 6.07) is 7.00. The van der Waals surface area contributed by atoms with Crippen LogP contribution in [0.1, 0.15) is 15.9 Å². The molecular formula is C18H17ClFNO5. The van der Waals surface area contributed by atoms with E-state index in [0.29, 0.717) is 5.56 Å². The minimum atomic E-state index is -0.766. The summed E-state index contributed by atoms with van der Waals surface area (Å²) in [5.41, 5.74) is 0.824. The maximum absolute atomic E-state index is 13.5. The van der Waals surface area contributed by atoms with Crippen LogP contribution in [0.5, 0.6) is 11.5 Å². The molecule has 0 spiro atoms. The van der Waals surface area contributed by atoms with Gasteiger partial charge in [-0.05, 0) is 36.8 Å². The van der Waals surface area contributed by atoms with E-state index in [1.165, 1.54) is 38.5 Å². The van der Waals surface area contributed by atoms with Gasteiger partial charge in [-0.2, -0.15) is 0 Å². The number of ether oxygens (including phenoxy) is 3. The van der Waals surface area contributed by atoms with Crippen molar-refractivity contribution >= 4 is 29.2 Å². The first-order chi connectivity index (χ1) is 12.3. The Hall–Kier alpha value is -2.80. The molecule has 0 aliphatic rings. The van der Waals surface area contributed by atoms with E-state index in [2.05, 4.69) is 5.32 Å². The van der Waals surface area contributed by atoms with Gasteiger partial charge in [0, 0.05) is 5.69 Å². The molecule has 0 fully saturated rings. The lowest BCUT2D eigenvalue weighted by atomic mass is 10.2. The first-order valence-corrected chi connectivity index (χ1v) is 7.88. The van der Waals surface area contributed by atoms with Gasteiger partial charge in [0.2, 0.25) is 0 Å². The summed E-state index contributed by atoms with van der Waals surface area (Å²) in [6.45, 7) is 1.07. The van der Waals surface area contributed by atoms with Crippen molar-refractivity contribution in [3.05, 3.63) is 52.3 Å². The van der Waals surface area contributed by atoms with Gasteiger partial charge in [0.15, 0.2) is 18.1 Å². The lowest BCUT2D eigenvalue weighted by molar-refractivity contribution is -0.119. The molecule has 0 unspecified atom stereocenters. The van der Waals surface area contributed by atoms with Crippen LogP contribution in [0.4, 0.5) is 10.1 Å². The first kappa shape index (κ1) is 19.5. The van der Waals surface area contributed by atoms with E-state index in [4.69, 9.17) is 25.8 Å². The smallest absolute Gasteiger partial charge is 0.338 e. The fraction of sp³-hybridized carbons (Fsp3) is 0.222. The average Bonchev–Trinajstić information content (AvgIpc) is 2.62. The molecule has 6 nitrogen and oxygen atoms in total. The van der Waals surface area contributed by atoms with Crippen LogP contribution in [-0.2, 0) is 9.53 Å². The summed E-state index contributed by atoms with van der Waals surface area (Å²) in [4.78, 5) is 24.0. The molecule has 1 N–H and O–H groups in total. The number of methoxy groups -OCH3 is 2. The highest BCUT2D eigenvalue weighted by Gasteiger charge is 2.17. The quantitative estimate of drug-likeness (QED) is 0.774. The standard InChI is InChI=1S/C18H17ClFNO5/c1-10-4-5-12(8-14(10)20)21-16(22)9-26-18(23)11-6-13(19)17(25-3)15(7-11)24-2/h4-8H,9H2,1-3H3,(H,21,22). The molecule has 2 rings (SSSR count). The zero-order chi connectivity index (χ0) is 19.3. The van der Waals surface area contributed by atoms with Gasteiger partial charge in [0.1, 0.15) is 5.82 Å². The van der Waals surface area contributed by atoms with E-state index in [1.807, 2.05) is 0 Å². The summed E-state index contributed by atoms with van der Waals surface area (Å²) in [6.07, 6.45) is 0. The molecule has 0 saturated carbocycles. The zero-order valence-electron chi connectivity index (χ0n) is 14.4. The number of amides is 1. The Balaban J connectivity index is 2.00. The van der Waals surface area contributed by atoms with Crippen molar-refractivity contribution in [1.29, 1.82) is 0 Å². The van der Waals surface area contributed by atoms with E-state index < -0.39 is 24.3 Å². The number of hydrogen-bond acceptors (Lipinski definition) is 5. The molecule has 0 radical (unpaired) electrons. The van der Waals surface area contributed by atoms with Gasteiger partial charge < -0.3 is 19.5 Å². The van der Waals surface area contributed by atoms with Gasteiger partial charge in [-0.1, -0.05) is 17.7 Å². The van der Waals surface area contributed by atoms with Crippen molar-refractivity contribution in [2.45, 2.75) is 6.92 Å². The van der Waals surface area contributed by atoms with Gasteiger partial charge >= 0.3 is 5.97 Å². The van der Waals surface area contributed by atoms with E-state index >= 15 is 0 Å². The van der Waals surface area contributed by atoms with Gasteiger partial charge in [-0.3, -0.25) is 4.79 Å². The van der Waals surface area contributed by atoms with Gasteiger partial charge in [0.25, 0.3) is 5.91 Å². The first-order valence-electron chi connectivity index (χ1n) is 7.50. The Morgan fingerprint density at radius 3 is 2.50 bits per heavy atom. The molecule has 0 aliphatic carbocycles. The highest BCUT2D eigenvalue weighted by Crippen LogP contribution is 2.36. The third-order valence-corrected chi connectivity index (χ3v) is 3.74. The molecule has 0 heterocycles. The SMILES string of the molecule is COc1cc(C(=O)OCC(=O)Nc2ccc(C)c(F)c2)cc(Cl)c1OC. The predicted molar refractivity (Wildman–Crippen MR) is 94.6 cm³/mol. The highest BCUT2D eigenvalue weighted by molar-refractivity contribution is 6.32. The Morgan fingerprint density at radius 1 is 1.15 bits per heavy atom. The molecular weight excluding hydrogens is 365 g/mol. The summed E-state index contributed by atoms with van der Waals surface area (Å²) in [5.74, 6) is -1.28. The number of carbonyl (C=O) groups is 2. The summed E-state index contributed by atoms with van der Waals surface area (Å²) in [7, 11) is 2.82. The molecule has 0 saturated heterocycles. The van der Waals surface area contributed by atoms with Crippen LogP contribution in [0.3, 0.4) is 0 Å². The molecule has 0 aliphatic heterocycles. The predicted octanol–water partition coefficient (Wildman–Crippen LogP) is 3.60. The number of hydrogen-bond donors (Lipinski definition) is 1. The number of benzene rings is 2. The monoisotopic (exact) mass is 381 g/mol. The largest absolute Gasteiger partial charge is 0.493 e. The third-order valence-electron chi connectivity index (χ3n) is 3.46. The molecule has 1 amide bonds. The third kappa shape index (κ3) is 4.64. The van der Waals surface area contributed by atoms with Crippen molar-refractivity contribution in [2.75, 3.05) is 26.1 Å². The fourth-order valence-electron chi connectivity index (χ4n) is 2.12. The summed E-state index contributed by atoms with van der Waals surface area (Å²) < 4.78 is 28.6. The van der Waals surface area contributed by atoms with Gasteiger partial charge in [-0.15, -0.1) is 0 Å². The number of anilines is 1. The molecule has 0 aromatic heterocycles. The van der Waals surface area contributed by atoms with Crippen molar-refractivity contribution in [3.63, 3.8) is 0 Å². The molecule has 0 atom stereocenters. The van der Waals surface area contributed by atoms with Crippen LogP contribution in [0.25, 0.3) is 0 Å². The van der Waals surface area contributed by atoms with E-state index in [9.17, 15) is 14.0 Å². The maximum Gasteiger partial charge on any atom is 0.338 e. The zero-order valence-corrected chi connectivity index (χ0v) is 15.1. The van der Waals surface area contributed by atoms with E-state index in [0.717, 1.165) is 0 Å². The molecule has 8 heteroatoms. The van der Waals surface area contributed by atoms with Gasteiger partial charge in [-0.25, -0.2) is 9.18 Å². The topological polar surface area (TPSA) is 73.9 Å². The number of halogens is 2. The van der Waals surface area contributed by atoms with E-state index in [1.54, 1.807) is 13.0 Å². The molecule has 2 aromatic rings. The highest BCUT2D eigenvalue weighted by atomic mass is 35.5. The summed E-state index contributed by atoms with van der Waals surface area (Å²) in [5, 5.41) is 2.61. The Labute approximate surface area is 154 Å². The van der Waals surface area contributed by atoms with Crippen molar-refractivity contribution in [2.24, 2.45) is 0 Å². The molecule has 26 heavy (non-hydrogen) atoms. The van der Waals surface area contributed by atoms with Crippen LogP contribution in [-0.4, -0.2) is 32.7 Å². The number of rotatable bonds is 6. The summed E-state index contributed by atoms with van der Waals surface area (Å²) >= 11 is 6.03. The Bertz CT molecular complexity index is 841. The lowest BCUT2D eigenvalue weighted by Crippen LogP contribution is -2.21. The molecule has 138 valence electrons. The minimum absolute atomic E-state index is 0.0989. The van der Waals surface area contributed by atoms with Crippen LogP contribution in [0.15, 0.2) is 30.3 Å². The minimum Gasteiger partial charge on any atom is -0.493 e. The van der Waals surface area contributed by atoms with Crippen molar-refractivity contribution in [1.82, 2.24) is 0 Å². The molecule has 0 bridgehead atoms. The van der Waals surface area contributed by atoms with Crippen molar-refractivity contribution < 1.29 is 28.2 Å². The second-order valence-corrected chi connectivity index (χ2v) is 5.69. The normalized spacial score (nSPS) is 10.2.